The number of benzene rings is 2. The zero-order valence-corrected chi connectivity index (χ0v) is 18.0. The number of aromatic nitrogens is 3. The third kappa shape index (κ3) is 5.17. The predicted octanol–water partition coefficient (Wildman–Crippen LogP) is 4.59. The fourth-order valence-corrected chi connectivity index (χ4v) is 4.35. The Hall–Kier alpha value is -2.91. The number of nitrogens with zero attached hydrogens (tertiary/aromatic N) is 3. The number of ether oxygens (including phenoxy) is 1. The van der Waals surface area contributed by atoms with E-state index in [1.54, 1.807) is 17.4 Å². The summed E-state index contributed by atoms with van der Waals surface area (Å²) in [7, 11) is 0. The minimum Gasteiger partial charge on any atom is -0.492 e. The number of carbonyl (C=O) groups excluding carboxylic acids is 1. The van der Waals surface area contributed by atoms with E-state index in [1.807, 2.05) is 43.3 Å². The molecule has 154 valence electrons. The van der Waals surface area contributed by atoms with Crippen LogP contribution < -0.4 is 10.1 Å². The monoisotopic (exact) mass is 440 g/mol. The SMILES string of the molecule is CCOc1ccccc1NC(=O)CSc1nnc(CCc2nc3ccccc3s2)o1. The average molecular weight is 441 g/mol. The van der Waals surface area contributed by atoms with Gasteiger partial charge in [-0.15, -0.1) is 21.5 Å². The van der Waals surface area contributed by atoms with Crippen LogP contribution in [0.1, 0.15) is 17.8 Å². The number of anilines is 1. The van der Waals surface area contributed by atoms with E-state index in [0.717, 1.165) is 16.9 Å². The summed E-state index contributed by atoms with van der Waals surface area (Å²) in [5, 5.41) is 12.4. The van der Waals surface area contributed by atoms with E-state index in [-0.39, 0.29) is 11.7 Å². The second-order valence-corrected chi connectivity index (χ2v) is 8.34. The molecule has 0 fully saturated rings. The summed E-state index contributed by atoms with van der Waals surface area (Å²) >= 11 is 2.88. The Morgan fingerprint density at radius 1 is 1.13 bits per heavy atom. The molecule has 0 saturated carbocycles. The predicted molar refractivity (Wildman–Crippen MR) is 118 cm³/mol. The maximum Gasteiger partial charge on any atom is 0.277 e. The zero-order valence-electron chi connectivity index (χ0n) is 16.3. The molecule has 1 amide bonds. The lowest BCUT2D eigenvalue weighted by Gasteiger charge is -2.10. The van der Waals surface area contributed by atoms with Crippen LogP contribution in [-0.4, -0.2) is 33.4 Å². The number of hydrogen-bond donors (Lipinski definition) is 1. The van der Waals surface area contributed by atoms with Crippen molar-refractivity contribution in [2.75, 3.05) is 17.7 Å². The molecule has 0 spiro atoms. The summed E-state index contributed by atoms with van der Waals surface area (Å²) in [6.07, 6.45) is 1.35. The summed E-state index contributed by atoms with van der Waals surface area (Å²) in [6.45, 7) is 2.43. The lowest BCUT2D eigenvalue weighted by molar-refractivity contribution is -0.113. The van der Waals surface area contributed by atoms with Crippen LogP contribution >= 0.6 is 23.1 Å². The highest BCUT2D eigenvalue weighted by Crippen LogP contribution is 2.25. The van der Waals surface area contributed by atoms with Crippen molar-refractivity contribution in [2.45, 2.75) is 25.0 Å². The van der Waals surface area contributed by atoms with E-state index < -0.39 is 0 Å². The molecule has 0 aliphatic heterocycles. The number of thioether (sulfide) groups is 1. The second-order valence-electron chi connectivity index (χ2n) is 6.30. The molecule has 0 radical (unpaired) electrons. The van der Waals surface area contributed by atoms with Gasteiger partial charge in [0.1, 0.15) is 5.75 Å². The van der Waals surface area contributed by atoms with Gasteiger partial charge in [0.15, 0.2) is 0 Å². The number of aryl methyl sites for hydroxylation is 2. The van der Waals surface area contributed by atoms with Crippen molar-refractivity contribution in [3.63, 3.8) is 0 Å². The first-order valence-corrected chi connectivity index (χ1v) is 11.3. The van der Waals surface area contributed by atoms with Crippen LogP contribution in [0.15, 0.2) is 58.2 Å². The van der Waals surface area contributed by atoms with Gasteiger partial charge in [-0.1, -0.05) is 36.0 Å². The minimum atomic E-state index is -0.165. The molecule has 0 atom stereocenters. The van der Waals surface area contributed by atoms with Gasteiger partial charge in [-0.2, -0.15) is 0 Å². The maximum atomic E-state index is 12.3. The number of nitrogens with one attached hydrogen (secondary N) is 1. The molecule has 7 nitrogen and oxygen atoms in total. The second kappa shape index (κ2) is 9.73. The van der Waals surface area contributed by atoms with E-state index in [0.29, 0.717) is 35.6 Å². The first-order valence-electron chi connectivity index (χ1n) is 9.52. The first kappa shape index (κ1) is 20.4. The van der Waals surface area contributed by atoms with Crippen molar-refractivity contribution < 1.29 is 13.9 Å². The van der Waals surface area contributed by atoms with Gasteiger partial charge in [0.2, 0.25) is 11.8 Å². The molecular weight excluding hydrogens is 420 g/mol. The number of fused-ring (bicyclic) bond motifs is 1. The molecule has 0 saturated heterocycles. The van der Waals surface area contributed by atoms with Crippen molar-refractivity contribution in [3.05, 3.63) is 59.4 Å². The van der Waals surface area contributed by atoms with E-state index in [1.165, 1.54) is 16.5 Å². The molecular formula is C21H20N4O3S2. The maximum absolute atomic E-state index is 12.3. The normalized spacial score (nSPS) is 11.0. The molecule has 0 unspecified atom stereocenters. The largest absolute Gasteiger partial charge is 0.492 e. The average Bonchev–Trinajstić information content (AvgIpc) is 3.38. The third-order valence-corrected chi connectivity index (χ3v) is 6.04. The number of rotatable bonds is 9. The van der Waals surface area contributed by atoms with Gasteiger partial charge in [-0.25, -0.2) is 4.98 Å². The topological polar surface area (TPSA) is 90.1 Å². The molecule has 0 aliphatic carbocycles. The van der Waals surface area contributed by atoms with Gasteiger partial charge in [0.05, 0.1) is 33.3 Å². The molecule has 4 rings (SSSR count). The summed E-state index contributed by atoms with van der Waals surface area (Å²) in [6, 6.07) is 15.4. The van der Waals surface area contributed by atoms with Crippen LogP contribution in [0.2, 0.25) is 0 Å². The number of para-hydroxylation sites is 3. The van der Waals surface area contributed by atoms with Crippen molar-refractivity contribution in [3.8, 4) is 5.75 Å². The Bertz CT molecular complexity index is 1110. The Kier molecular flexibility index (Phi) is 6.60. The van der Waals surface area contributed by atoms with Crippen LogP contribution in [0.25, 0.3) is 10.2 Å². The fraction of sp³-hybridized carbons (Fsp3) is 0.238. The van der Waals surface area contributed by atoms with Gasteiger partial charge in [-0.05, 0) is 31.2 Å². The van der Waals surface area contributed by atoms with Gasteiger partial charge < -0.3 is 14.5 Å². The standard InChI is InChI=1S/C21H20N4O3S2/c1-2-27-16-9-5-3-7-14(16)22-18(26)13-29-21-25-24-19(28-21)11-12-20-23-15-8-4-6-10-17(15)30-20/h3-10H,2,11-13H2,1H3,(H,22,26). The molecule has 1 N–H and O–H groups in total. The van der Waals surface area contributed by atoms with E-state index >= 15 is 0 Å². The lowest BCUT2D eigenvalue weighted by Crippen LogP contribution is -2.14. The molecule has 2 aromatic carbocycles. The summed E-state index contributed by atoms with van der Waals surface area (Å²) in [4.78, 5) is 16.9. The highest BCUT2D eigenvalue weighted by molar-refractivity contribution is 7.99. The Morgan fingerprint density at radius 2 is 1.97 bits per heavy atom. The molecule has 9 heteroatoms. The molecule has 2 aromatic heterocycles. The van der Waals surface area contributed by atoms with Crippen molar-refractivity contribution in [2.24, 2.45) is 0 Å². The summed E-state index contributed by atoms with van der Waals surface area (Å²) in [5.74, 6) is 1.19. The van der Waals surface area contributed by atoms with Crippen LogP contribution in [0.3, 0.4) is 0 Å². The summed E-state index contributed by atoms with van der Waals surface area (Å²) in [5.41, 5.74) is 1.66. The Morgan fingerprint density at radius 3 is 2.83 bits per heavy atom. The Balaban J connectivity index is 1.27. The zero-order chi connectivity index (χ0) is 20.8. The highest BCUT2D eigenvalue weighted by Gasteiger charge is 2.12. The van der Waals surface area contributed by atoms with Crippen LogP contribution in [0, 0.1) is 0 Å². The fourth-order valence-electron chi connectivity index (χ4n) is 2.80. The number of carbonyl (C=O) groups is 1. The van der Waals surface area contributed by atoms with Crippen LogP contribution in [-0.2, 0) is 17.6 Å². The Labute approximate surface area is 181 Å². The van der Waals surface area contributed by atoms with Crippen molar-refractivity contribution in [1.82, 2.24) is 15.2 Å². The smallest absolute Gasteiger partial charge is 0.277 e. The summed E-state index contributed by atoms with van der Waals surface area (Å²) < 4.78 is 12.3. The lowest BCUT2D eigenvalue weighted by atomic mass is 10.3. The van der Waals surface area contributed by atoms with Gasteiger partial charge in [-0.3, -0.25) is 4.79 Å². The molecule has 30 heavy (non-hydrogen) atoms. The van der Waals surface area contributed by atoms with E-state index in [4.69, 9.17) is 9.15 Å². The van der Waals surface area contributed by atoms with Gasteiger partial charge in [0.25, 0.3) is 5.22 Å². The van der Waals surface area contributed by atoms with Crippen molar-refractivity contribution in [1.29, 1.82) is 0 Å². The molecule has 2 heterocycles. The quantitative estimate of drug-likeness (QED) is 0.381. The molecule has 0 bridgehead atoms. The first-order chi connectivity index (χ1) is 14.7. The van der Waals surface area contributed by atoms with E-state index in [2.05, 4.69) is 26.6 Å². The van der Waals surface area contributed by atoms with Crippen molar-refractivity contribution >= 4 is 44.9 Å². The highest BCUT2D eigenvalue weighted by atomic mass is 32.2. The molecule has 4 aromatic rings. The number of amides is 1. The third-order valence-electron chi connectivity index (χ3n) is 4.13. The van der Waals surface area contributed by atoms with Gasteiger partial charge in [0, 0.05) is 12.8 Å². The van der Waals surface area contributed by atoms with E-state index in [9.17, 15) is 4.79 Å². The van der Waals surface area contributed by atoms with Crippen LogP contribution in [0.5, 0.6) is 5.75 Å². The minimum absolute atomic E-state index is 0.165. The molecule has 0 aliphatic rings. The number of thiazole rings is 1. The van der Waals surface area contributed by atoms with Crippen LogP contribution in [0.4, 0.5) is 5.69 Å². The van der Waals surface area contributed by atoms with Gasteiger partial charge >= 0.3 is 0 Å². The number of hydrogen-bond acceptors (Lipinski definition) is 8.